The van der Waals surface area contributed by atoms with E-state index in [1.54, 1.807) is 0 Å². The molecule has 2 nitrogen and oxygen atoms in total. The van der Waals surface area contributed by atoms with Gasteiger partial charge in [-0.25, -0.2) is 4.98 Å². The second-order valence-corrected chi connectivity index (χ2v) is 5.13. The number of aromatic amines is 1. The van der Waals surface area contributed by atoms with E-state index >= 15 is 0 Å². The van der Waals surface area contributed by atoms with E-state index < -0.39 is 0 Å². The summed E-state index contributed by atoms with van der Waals surface area (Å²) in [6.45, 7) is 4.22. The van der Waals surface area contributed by atoms with Gasteiger partial charge in [-0.05, 0) is 25.0 Å². The number of aromatic nitrogens is 2. The van der Waals surface area contributed by atoms with E-state index in [1.807, 2.05) is 18.2 Å². The van der Waals surface area contributed by atoms with Crippen molar-refractivity contribution < 1.29 is 0 Å². The predicted molar refractivity (Wildman–Crippen MR) is 82.7 cm³/mol. The number of benzene rings is 2. The van der Waals surface area contributed by atoms with E-state index in [2.05, 4.69) is 55.2 Å². The van der Waals surface area contributed by atoms with Crippen LogP contribution in [0, 0.1) is 13.8 Å². The van der Waals surface area contributed by atoms with Gasteiger partial charge in [0.2, 0.25) is 0 Å². The van der Waals surface area contributed by atoms with E-state index in [0.29, 0.717) is 0 Å². The lowest BCUT2D eigenvalue weighted by Gasteiger charge is -2.02. The summed E-state index contributed by atoms with van der Waals surface area (Å²) in [6.07, 6.45) is 0.848. The second-order valence-electron chi connectivity index (χ2n) is 5.13. The van der Waals surface area contributed by atoms with Gasteiger partial charge < -0.3 is 4.98 Å². The maximum atomic E-state index is 4.76. The minimum atomic E-state index is 0.848. The van der Waals surface area contributed by atoms with Crippen molar-refractivity contribution >= 4 is 0 Å². The van der Waals surface area contributed by atoms with Crippen LogP contribution in [0.3, 0.4) is 0 Å². The molecule has 2 heteroatoms. The molecule has 0 saturated carbocycles. The van der Waals surface area contributed by atoms with Crippen molar-refractivity contribution in [2.45, 2.75) is 20.3 Å². The first-order valence-electron chi connectivity index (χ1n) is 6.89. The van der Waals surface area contributed by atoms with Crippen LogP contribution in [-0.2, 0) is 6.42 Å². The predicted octanol–water partition coefficient (Wildman–Crippen LogP) is 4.28. The quantitative estimate of drug-likeness (QED) is 0.749. The van der Waals surface area contributed by atoms with Gasteiger partial charge in [-0.1, -0.05) is 54.6 Å². The summed E-state index contributed by atoms with van der Waals surface area (Å²) < 4.78 is 0. The first-order valence-corrected chi connectivity index (χ1v) is 6.89. The van der Waals surface area contributed by atoms with Crippen LogP contribution in [0.5, 0.6) is 0 Å². The highest BCUT2D eigenvalue weighted by atomic mass is 14.9. The molecular formula is C18H18N2. The Morgan fingerprint density at radius 2 is 1.60 bits per heavy atom. The zero-order valence-corrected chi connectivity index (χ0v) is 11.9. The summed E-state index contributed by atoms with van der Waals surface area (Å²) in [5, 5.41) is 0. The van der Waals surface area contributed by atoms with E-state index in [9.17, 15) is 0 Å². The summed E-state index contributed by atoms with van der Waals surface area (Å²) in [6, 6.07) is 18.8. The third kappa shape index (κ3) is 2.50. The fourth-order valence-corrected chi connectivity index (χ4v) is 2.47. The minimum absolute atomic E-state index is 0.848. The Morgan fingerprint density at radius 3 is 2.35 bits per heavy atom. The Kier molecular flexibility index (Phi) is 3.38. The Morgan fingerprint density at radius 1 is 0.900 bits per heavy atom. The van der Waals surface area contributed by atoms with Gasteiger partial charge in [-0.3, -0.25) is 0 Å². The lowest BCUT2D eigenvalue weighted by Crippen LogP contribution is -1.93. The Labute approximate surface area is 119 Å². The molecule has 0 radical (unpaired) electrons. The first-order chi connectivity index (χ1) is 9.74. The molecule has 0 amide bonds. The van der Waals surface area contributed by atoms with Crippen LogP contribution in [0.25, 0.3) is 11.3 Å². The van der Waals surface area contributed by atoms with Crippen molar-refractivity contribution in [2.75, 3.05) is 0 Å². The highest BCUT2D eigenvalue weighted by Gasteiger charge is 2.09. The van der Waals surface area contributed by atoms with Crippen LogP contribution in [0.2, 0.25) is 0 Å². The van der Waals surface area contributed by atoms with Gasteiger partial charge in [0.25, 0.3) is 0 Å². The van der Waals surface area contributed by atoms with Gasteiger partial charge in [0, 0.05) is 17.7 Å². The second kappa shape index (κ2) is 5.33. The van der Waals surface area contributed by atoms with E-state index in [0.717, 1.165) is 29.2 Å². The number of aryl methyl sites for hydroxylation is 2. The zero-order chi connectivity index (χ0) is 13.9. The van der Waals surface area contributed by atoms with E-state index in [1.165, 1.54) is 11.1 Å². The molecule has 0 spiro atoms. The van der Waals surface area contributed by atoms with Gasteiger partial charge >= 0.3 is 0 Å². The molecule has 0 saturated heterocycles. The Balaban J connectivity index is 1.92. The summed E-state index contributed by atoms with van der Waals surface area (Å²) in [7, 11) is 0. The highest BCUT2D eigenvalue weighted by molar-refractivity contribution is 5.61. The SMILES string of the molecule is Cc1ccccc1Cc1nc(-c2ccccc2)c(C)[nH]1. The molecule has 3 aromatic rings. The van der Waals surface area contributed by atoms with Gasteiger partial charge in [-0.2, -0.15) is 0 Å². The van der Waals surface area contributed by atoms with Crippen molar-refractivity contribution in [1.82, 2.24) is 9.97 Å². The molecule has 3 rings (SSSR count). The smallest absolute Gasteiger partial charge is 0.111 e. The average molecular weight is 262 g/mol. The number of nitrogens with zero attached hydrogens (tertiary/aromatic N) is 1. The van der Waals surface area contributed by atoms with Crippen LogP contribution < -0.4 is 0 Å². The molecule has 0 aliphatic carbocycles. The molecule has 1 aromatic heterocycles. The van der Waals surface area contributed by atoms with Crippen molar-refractivity contribution in [1.29, 1.82) is 0 Å². The van der Waals surface area contributed by atoms with E-state index in [-0.39, 0.29) is 0 Å². The molecule has 20 heavy (non-hydrogen) atoms. The number of nitrogens with one attached hydrogen (secondary N) is 1. The van der Waals surface area contributed by atoms with Gasteiger partial charge in [0.05, 0.1) is 5.69 Å². The third-order valence-electron chi connectivity index (χ3n) is 3.60. The molecular weight excluding hydrogens is 244 g/mol. The van der Waals surface area contributed by atoms with Crippen LogP contribution in [0.15, 0.2) is 54.6 Å². The summed E-state index contributed by atoms with van der Waals surface area (Å²) in [4.78, 5) is 8.17. The fraction of sp³-hybridized carbons (Fsp3) is 0.167. The highest BCUT2D eigenvalue weighted by Crippen LogP contribution is 2.22. The van der Waals surface area contributed by atoms with Crippen molar-refractivity contribution in [3.05, 3.63) is 77.2 Å². The first kappa shape index (κ1) is 12.7. The largest absolute Gasteiger partial charge is 0.345 e. The minimum Gasteiger partial charge on any atom is -0.345 e. The Hall–Kier alpha value is -2.35. The topological polar surface area (TPSA) is 28.7 Å². The average Bonchev–Trinajstić information content (AvgIpc) is 2.83. The van der Waals surface area contributed by atoms with Crippen molar-refractivity contribution in [2.24, 2.45) is 0 Å². The molecule has 0 bridgehead atoms. The third-order valence-corrected chi connectivity index (χ3v) is 3.60. The number of imidazole rings is 1. The molecule has 0 aliphatic rings. The van der Waals surface area contributed by atoms with Gasteiger partial charge in [0.15, 0.2) is 0 Å². The molecule has 1 heterocycles. The molecule has 100 valence electrons. The number of hydrogen-bond acceptors (Lipinski definition) is 1. The van der Waals surface area contributed by atoms with Crippen LogP contribution in [-0.4, -0.2) is 9.97 Å². The molecule has 0 aliphatic heterocycles. The van der Waals surface area contributed by atoms with E-state index in [4.69, 9.17) is 4.98 Å². The standard InChI is InChI=1S/C18H18N2/c1-13-8-6-7-11-16(13)12-17-19-14(2)18(20-17)15-9-4-3-5-10-15/h3-11H,12H2,1-2H3,(H,19,20). The molecule has 0 unspecified atom stereocenters. The lowest BCUT2D eigenvalue weighted by molar-refractivity contribution is 1.01. The van der Waals surface area contributed by atoms with Crippen LogP contribution >= 0.6 is 0 Å². The molecule has 1 N–H and O–H groups in total. The lowest BCUT2D eigenvalue weighted by atomic mass is 10.1. The maximum Gasteiger partial charge on any atom is 0.111 e. The van der Waals surface area contributed by atoms with Crippen LogP contribution in [0.1, 0.15) is 22.6 Å². The Bertz CT molecular complexity index is 711. The number of hydrogen-bond donors (Lipinski definition) is 1. The van der Waals surface area contributed by atoms with Crippen molar-refractivity contribution in [3.8, 4) is 11.3 Å². The zero-order valence-electron chi connectivity index (χ0n) is 11.9. The van der Waals surface area contributed by atoms with Crippen molar-refractivity contribution in [3.63, 3.8) is 0 Å². The summed E-state index contributed by atoms with van der Waals surface area (Å²) >= 11 is 0. The number of H-pyrrole nitrogens is 1. The summed E-state index contributed by atoms with van der Waals surface area (Å²) in [5.74, 6) is 1.02. The van der Waals surface area contributed by atoms with Gasteiger partial charge in [0.1, 0.15) is 5.82 Å². The molecule has 0 fully saturated rings. The maximum absolute atomic E-state index is 4.76. The monoisotopic (exact) mass is 262 g/mol. The fourth-order valence-electron chi connectivity index (χ4n) is 2.47. The normalized spacial score (nSPS) is 10.7. The number of rotatable bonds is 3. The van der Waals surface area contributed by atoms with Gasteiger partial charge in [-0.15, -0.1) is 0 Å². The molecule has 2 aromatic carbocycles. The van der Waals surface area contributed by atoms with Crippen LogP contribution in [0.4, 0.5) is 0 Å². The molecule has 0 atom stereocenters. The summed E-state index contributed by atoms with van der Waals surface area (Å²) in [5.41, 5.74) is 5.97.